The minimum atomic E-state index is -1.02. The number of hydrogen-bond donors (Lipinski definition) is 1. The van der Waals surface area contributed by atoms with Crippen molar-refractivity contribution in [1.82, 2.24) is 19.5 Å². The molecule has 10 heteroatoms. The fourth-order valence-electron chi connectivity index (χ4n) is 4.83. The highest BCUT2D eigenvalue weighted by Crippen LogP contribution is 2.16. The summed E-state index contributed by atoms with van der Waals surface area (Å²) in [6.07, 6.45) is 6.62. The maximum Gasteiger partial charge on any atom is 0.264 e. The molecule has 0 fully saturated rings. The van der Waals surface area contributed by atoms with E-state index in [2.05, 4.69) is 26.8 Å². The number of ketones is 2. The first kappa shape index (κ1) is 32.0. The summed E-state index contributed by atoms with van der Waals surface area (Å²) in [5.41, 5.74) is 2.83. The van der Waals surface area contributed by atoms with Gasteiger partial charge in [-0.25, -0.2) is 23.7 Å². The molecule has 0 radical (unpaired) electrons. The Morgan fingerprint density at radius 1 is 0.870 bits per heavy atom. The summed E-state index contributed by atoms with van der Waals surface area (Å²) in [6.45, 7) is 0.0310. The molecule has 0 saturated heterocycles. The van der Waals surface area contributed by atoms with E-state index in [9.17, 15) is 23.2 Å². The van der Waals surface area contributed by atoms with E-state index in [0.29, 0.717) is 42.6 Å². The highest BCUT2D eigenvalue weighted by Gasteiger charge is 2.13. The first-order valence-corrected chi connectivity index (χ1v) is 14.8. The van der Waals surface area contributed by atoms with Crippen molar-refractivity contribution in [3.05, 3.63) is 135 Å². The van der Waals surface area contributed by atoms with E-state index >= 15 is 0 Å². The van der Waals surface area contributed by atoms with Gasteiger partial charge in [-0.2, -0.15) is 0 Å². The molecule has 0 aliphatic carbocycles. The lowest BCUT2D eigenvalue weighted by molar-refractivity contribution is 0.0971. The summed E-state index contributed by atoms with van der Waals surface area (Å²) < 4.78 is 27.9. The molecule has 0 amide bonds. The van der Waals surface area contributed by atoms with Crippen molar-refractivity contribution < 1.29 is 23.5 Å². The number of unbranched alkanes of at least 4 members (excludes halogenated alkanes) is 1. The van der Waals surface area contributed by atoms with Crippen LogP contribution in [0.4, 0.5) is 8.78 Å². The number of Topliss-reactive ketones (excluding diaryl/α,β-unsaturated/α-hetero) is 2. The van der Waals surface area contributed by atoms with Crippen LogP contribution in [0.15, 0.2) is 84.2 Å². The molecule has 0 unspecified atom stereocenters. The third-order valence-corrected chi connectivity index (χ3v) is 7.33. The van der Waals surface area contributed by atoms with Gasteiger partial charge < -0.3 is 5.11 Å². The molecular weight excluding hydrogens is 590 g/mol. The van der Waals surface area contributed by atoms with E-state index < -0.39 is 23.0 Å². The number of nitrogens with zero attached hydrogens (tertiary/aromatic N) is 4. The van der Waals surface area contributed by atoms with Gasteiger partial charge in [0.25, 0.3) is 5.56 Å². The number of aromatic nitrogens is 4. The van der Waals surface area contributed by atoms with E-state index in [1.807, 2.05) is 42.5 Å². The van der Waals surface area contributed by atoms with Crippen LogP contribution in [0.1, 0.15) is 75.3 Å². The lowest BCUT2D eigenvalue weighted by Crippen LogP contribution is -2.27. The molecule has 0 saturated carbocycles. The quantitative estimate of drug-likeness (QED) is 0.112. The maximum absolute atomic E-state index is 13.5. The summed E-state index contributed by atoms with van der Waals surface area (Å²) in [6, 6.07) is 16.3. The van der Waals surface area contributed by atoms with Crippen molar-refractivity contribution in [2.24, 2.45) is 0 Å². The number of benzene rings is 3. The predicted molar refractivity (Wildman–Crippen MR) is 168 cm³/mol. The monoisotopic (exact) mass is 620 g/mol. The zero-order chi connectivity index (χ0) is 32.5. The molecule has 0 bridgehead atoms. The Morgan fingerprint density at radius 3 is 2.46 bits per heavy atom. The van der Waals surface area contributed by atoms with Crippen LogP contribution < -0.4 is 5.56 Å². The van der Waals surface area contributed by atoms with Gasteiger partial charge in [0.15, 0.2) is 23.2 Å². The standard InChI is InChI=1S/C36H30F2N4O4/c37-30-14-10-26(18-31(30)38)22-42-23-39-21-29(36(42)46)34(45)7-2-1-5-24-11-15-32-28(17-24)20-40-35(41-32)19-25-8-12-27(13-9-25)33(44)6-3-4-16-43/h8-15,17-18,20-21,23,43H,2-4,6-7,16,19,22H2. The average Bonchev–Trinajstić information content (AvgIpc) is 3.06. The summed E-state index contributed by atoms with van der Waals surface area (Å²) in [5.74, 6) is 4.29. The molecule has 5 rings (SSSR count). The smallest absolute Gasteiger partial charge is 0.264 e. The van der Waals surface area contributed by atoms with Crippen LogP contribution in [0.5, 0.6) is 0 Å². The third-order valence-electron chi connectivity index (χ3n) is 7.33. The molecule has 3 aromatic carbocycles. The number of carbonyl (C=O) groups excluding carboxylic acids is 2. The fourth-order valence-corrected chi connectivity index (χ4v) is 4.83. The summed E-state index contributed by atoms with van der Waals surface area (Å²) in [5, 5.41) is 9.70. The maximum atomic E-state index is 13.5. The van der Waals surface area contributed by atoms with Crippen molar-refractivity contribution in [2.45, 2.75) is 45.1 Å². The summed E-state index contributed by atoms with van der Waals surface area (Å²) in [4.78, 5) is 50.9. The van der Waals surface area contributed by atoms with Gasteiger partial charge in [0, 0.05) is 61.2 Å². The molecule has 232 valence electrons. The fraction of sp³-hybridized carbons (Fsp3) is 0.222. The van der Waals surface area contributed by atoms with Gasteiger partial charge in [-0.1, -0.05) is 42.2 Å². The largest absolute Gasteiger partial charge is 0.396 e. The lowest BCUT2D eigenvalue weighted by atomic mass is 10.0. The second-order valence-corrected chi connectivity index (χ2v) is 10.8. The Balaban J connectivity index is 1.17. The van der Waals surface area contributed by atoms with Gasteiger partial charge in [-0.15, -0.1) is 0 Å². The average molecular weight is 621 g/mol. The second kappa shape index (κ2) is 15.1. The zero-order valence-corrected chi connectivity index (χ0v) is 24.9. The highest BCUT2D eigenvalue weighted by molar-refractivity contribution is 5.96. The number of fused-ring (bicyclic) bond motifs is 1. The Kier molecular flexibility index (Phi) is 10.5. The minimum Gasteiger partial charge on any atom is -0.396 e. The minimum absolute atomic E-state index is 0.0119. The highest BCUT2D eigenvalue weighted by atomic mass is 19.2. The molecular formula is C36H30F2N4O4. The van der Waals surface area contributed by atoms with E-state index in [1.165, 1.54) is 23.2 Å². The molecule has 2 aromatic heterocycles. The van der Waals surface area contributed by atoms with Gasteiger partial charge in [0.2, 0.25) is 0 Å². The molecule has 0 aliphatic rings. The molecule has 5 aromatic rings. The Labute approximate surface area is 263 Å². The van der Waals surface area contributed by atoms with Gasteiger partial charge >= 0.3 is 0 Å². The second-order valence-electron chi connectivity index (χ2n) is 10.8. The van der Waals surface area contributed by atoms with Crippen molar-refractivity contribution in [1.29, 1.82) is 0 Å². The number of rotatable bonds is 12. The molecule has 46 heavy (non-hydrogen) atoms. The SMILES string of the molecule is O=C(CCCCO)c1ccc(Cc2ncc3cc(C#CCCC(=O)c4cncn(Cc5ccc(F)c(F)c5)c4=O)ccc3n2)cc1. The number of carbonyl (C=O) groups is 2. The first-order valence-electron chi connectivity index (χ1n) is 14.8. The van der Waals surface area contributed by atoms with Crippen LogP contribution in [-0.2, 0) is 13.0 Å². The van der Waals surface area contributed by atoms with Crippen molar-refractivity contribution in [2.75, 3.05) is 6.61 Å². The van der Waals surface area contributed by atoms with E-state index in [-0.39, 0.29) is 37.3 Å². The van der Waals surface area contributed by atoms with Gasteiger partial charge in [0.05, 0.1) is 18.4 Å². The third kappa shape index (κ3) is 8.20. The summed E-state index contributed by atoms with van der Waals surface area (Å²) >= 11 is 0. The Morgan fingerprint density at radius 2 is 1.67 bits per heavy atom. The van der Waals surface area contributed by atoms with Crippen molar-refractivity contribution in [3.8, 4) is 11.8 Å². The molecule has 8 nitrogen and oxygen atoms in total. The zero-order valence-electron chi connectivity index (χ0n) is 24.9. The number of hydrogen-bond acceptors (Lipinski definition) is 7. The van der Waals surface area contributed by atoms with E-state index in [4.69, 9.17) is 5.11 Å². The number of aliphatic hydroxyl groups excluding tert-OH is 1. The Hall–Kier alpha value is -5.40. The van der Waals surface area contributed by atoms with Gasteiger partial charge in [0.1, 0.15) is 11.4 Å². The Bertz CT molecular complexity index is 2010. The van der Waals surface area contributed by atoms with Crippen LogP contribution in [0.2, 0.25) is 0 Å². The van der Waals surface area contributed by atoms with Crippen LogP contribution in [0.25, 0.3) is 10.9 Å². The van der Waals surface area contributed by atoms with Crippen LogP contribution in [-0.4, -0.2) is 42.8 Å². The molecule has 1 N–H and O–H groups in total. The molecule has 0 spiro atoms. The van der Waals surface area contributed by atoms with Crippen LogP contribution in [0, 0.1) is 23.5 Å². The molecule has 0 atom stereocenters. The van der Waals surface area contributed by atoms with E-state index in [0.717, 1.165) is 34.2 Å². The normalized spacial score (nSPS) is 10.8. The topological polar surface area (TPSA) is 115 Å². The van der Waals surface area contributed by atoms with Crippen molar-refractivity contribution >= 4 is 22.5 Å². The van der Waals surface area contributed by atoms with Crippen LogP contribution >= 0.6 is 0 Å². The predicted octanol–water partition coefficient (Wildman–Crippen LogP) is 5.46. The number of halogens is 2. The number of aliphatic hydroxyl groups is 1. The van der Waals surface area contributed by atoms with Gasteiger partial charge in [-0.3, -0.25) is 19.0 Å². The van der Waals surface area contributed by atoms with Gasteiger partial charge in [-0.05, 0) is 54.3 Å². The lowest BCUT2D eigenvalue weighted by Gasteiger charge is -2.07. The van der Waals surface area contributed by atoms with E-state index in [1.54, 1.807) is 6.20 Å². The summed E-state index contributed by atoms with van der Waals surface area (Å²) in [7, 11) is 0. The van der Waals surface area contributed by atoms with Crippen molar-refractivity contribution in [3.63, 3.8) is 0 Å². The van der Waals surface area contributed by atoms with Crippen LogP contribution in [0.3, 0.4) is 0 Å². The first-order chi connectivity index (χ1) is 22.3. The molecule has 0 aliphatic heterocycles. The molecule has 2 heterocycles.